The summed E-state index contributed by atoms with van der Waals surface area (Å²) in [7, 11) is -20.8. The molecule has 5 aliphatic carbocycles. The maximum atomic E-state index is 13.5. The molecule has 10 aromatic rings. The average Bonchev–Trinajstić information content (AvgIpc) is 1.60. The molecule has 0 aromatic heterocycles. The minimum atomic E-state index is -4.30. The number of hydrogen-bond donors (Lipinski definition) is 3. The molecule has 0 fully saturated rings. The first-order chi connectivity index (χ1) is 70.7. The molecule has 148 heavy (non-hydrogen) atoms. The fourth-order valence-electron chi connectivity index (χ4n) is 18.1. The average molecular weight is 2080 g/mol. The van der Waals surface area contributed by atoms with Crippen molar-refractivity contribution >= 4 is 159 Å². The molecule has 43 heteroatoms. The lowest BCUT2D eigenvalue weighted by molar-refractivity contribution is -0.384. The Balaban J connectivity index is 0.000000132. The number of nitrogens with two attached hydrogens (primary N) is 1. The van der Waals surface area contributed by atoms with Crippen molar-refractivity contribution in [2.45, 2.75) is 61.6 Å². The topological polar surface area (TPSA) is 596 Å². The Bertz CT molecular complexity index is 8460. The molecule has 0 saturated heterocycles. The number of non-ortho nitro benzene ring substituents is 1. The molecule has 20 rings (SSSR count). The van der Waals surface area contributed by atoms with Gasteiger partial charge in [-0.25, -0.2) is 25.3 Å². The Morgan fingerprint density at radius 1 is 0.351 bits per heavy atom. The molecule has 738 valence electrons. The van der Waals surface area contributed by atoms with Crippen LogP contribution in [0.2, 0.25) is 0 Å². The summed E-state index contributed by atoms with van der Waals surface area (Å²) in [6.07, 6.45) is 8.54. The van der Waals surface area contributed by atoms with Crippen LogP contribution in [0, 0.1) is 85.0 Å². The molecule has 0 bridgehead atoms. The van der Waals surface area contributed by atoms with E-state index in [-0.39, 0.29) is 75.4 Å². The van der Waals surface area contributed by atoms with Crippen molar-refractivity contribution in [2.75, 3.05) is 17.7 Å². The summed E-state index contributed by atoms with van der Waals surface area (Å²) in [6.45, 7) is 0.778. The lowest BCUT2D eigenvalue weighted by atomic mass is 9.78. The number of aliphatic hydroxyl groups excluding tert-OH is 1. The molecule has 10 unspecified atom stereocenters. The highest BCUT2D eigenvalue weighted by Gasteiger charge is 2.58. The van der Waals surface area contributed by atoms with Gasteiger partial charge in [-0.1, -0.05) is 188 Å². The summed E-state index contributed by atoms with van der Waals surface area (Å²) in [4.78, 5) is 145. The van der Waals surface area contributed by atoms with E-state index >= 15 is 0 Å². The number of rotatable bonds is 18. The number of anilines is 2. The van der Waals surface area contributed by atoms with Crippen LogP contribution in [-0.2, 0) is 103 Å². The number of carbonyl (C=O) groups is 11. The first kappa shape index (κ1) is 102. The molecule has 10 aliphatic rings. The minimum Gasteiger partial charge on any atom is -0.399 e. The molecule has 5 heterocycles. The number of aliphatic hydroxyl groups is 1. The number of sulfonamides is 5. The van der Waals surface area contributed by atoms with Crippen LogP contribution in [0.25, 0.3) is 16.7 Å². The van der Waals surface area contributed by atoms with E-state index in [1.807, 2.05) is 24.3 Å². The fourth-order valence-corrected chi connectivity index (χ4v) is 25.6. The van der Waals surface area contributed by atoms with Crippen molar-refractivity contribution in [3.8, 4) is 24.3 Å². The molecule has 5 aliphatic heterocycles. The predicted octanol–water partition coefficient (Wildman–Crippen LogP) is 9.24. The molecular weight excluding hydrogens is 2000 g/mol. The smallest absolute Gasteiger partial charge is 0.279 e. The summed E-state index contributed by atoms with van der Waals surface area (Å²) in [5.74, 6) is -13.8. The summed E-state index contributed by atoms with van der Waals surface area (Å²) in [5, 5.41) is 69.9. The number of carbonyl (C=O) groups excluding carboxylic acids is 11. The Morgan fingerprint density at radius 2 is 0.608 bits per heavy atom. The zero-order valence-corrected chi connectivity index (χ0v) is 80.6. The van der Waals surface area contributed by atoms with Gasteiger partial charge in [-0.3, -0.25) is 75.8 Å². The molecule has 0 spiro atoms. The Kier molecular flexibility index (Phi) is 28.7. The van der Waals surface area contributed by atoms with Gasteiger partial charge in [0, 0.05) is 73.3 Å². The highest BCUT2D eigenvalue weighted by atomic mass is 32.2. The third-order valence-corrected chi connectivity index (χ3v) is 33.6. The van der Waals surface area contributed by atoms with Gasteiger partial charge in [0.05, 0.1) is 142 Å². The number of ketones is 10. The van der Waals surface area contributed by atoms with Crippen LogP contribution in [0.4, 0.5) is 17.1 Å². The van der Waals surface area contributed by atoms with Gasteiger partial charge in [0.2, 0.25) is 63.7 Å². The van der Waals surface area contributed by atoms with E-state index in [0.29, 0.717) is 55.9 Å². The van der Waals surface area contributed by atoms with Crippen molar-refractivity contribution in [3.63, 3.8) is 0 Å². The van der Waals surface area contributed by atoms with Crippen LogP contribution in [-0.4, -0.2) is 186 Å². The van der Waals surface area contributed by atoms with E-state index in [1.54, 1.807) is 188 Å². The standard InChI is InChI=1S/C23H17N3O5S.C21H13N3O6S.C21H15N3O4S.C20H13N3O4S.C20H16N2O5S/c1-14(27)25-17-7-9-18(10-8-17)32(30,31)26-13-19(15-5-3-2-4-6-15)21-22(26)16(12-24)11-20(28)23(21)29;22-11-14-10-18(25)21(26)19-17(13-4-2-1-3-5-13)12-23(20(14)19)31(29,30)16-8-6-15(7-9-16)24(27)28;22-11-14-10-18(25)21(26)19-17(13-4-2-1-3-5-13)12-24(20(14)19)29(27,28)16-8-6-15(23)7-9-16;21-12-14-11-16(24)20(25)17-18(13-7-3-1-4-8-13)22-23(19(14)17)28(26,27)15-9-5-2-6-10-15;23-12-14-11-16(24)20(25)17-18(13-7-3-1-4-8-13)21-22(19(14)17)28(26,27)15-9-5-2-6-10-15/h2-11,13,21-22H,1H3,(H,25,27);1-10,12,19-20H;1-10,12,19-20H,23H2;1-11,17,19H;1-11,17,19,23H,12H2. The van der Waals surface area contributed by atoms with Gasteiger partial charge < -0.3 is 16.2 Å². The largest absolute Gasteiger partial charge is 0.399 e. The number of nitrogens with one attached hydrogen (secondary N) is 1. The lowest BCUT2D eigenvalue weighted by Gasteiger charge is -2.30. The van der Waals surface area contributed by atoms with Crippen molar-refractivity contribution < 1.29 is 105 Å². The third kappa shape index (κ3) is 19.3. The molecule has 10 atom stereocenters. The first-order valence-electron chi connectivity index (χ1n) is 44.3. The number of benzene rings is 10. The number of amides is 1. The zero-order valence-electron chi connectivity index (χ0n) is 76.6. The highest BCUT2D eigenvalue weighted by Crippen LogP contribution is 2.49. The second-order valence-corrected chi connectivity index (χ2v) is 42.9. The van der Waals surface area contributed by atoms with E-state index in [0.717, 1.165) is 76.4 Å². The number of nitro groups is 1. The van der Waals surface area contributed by atoms with Gasteiger partial charge in [-0.15, -0.1) is 0 Å². The number of Topliss-reactive ketones (excluding diaryl/α,β-unsaturated/α-hetero) is 5. The van der Waals surface area contributed by atoms with Crippen LogP contribution >= 0.6 is 0 Å². The molecule has 1 amide bonds. The summed E-state index contributed by atoms with van der Waals surface area (Å²) < 4.78 is 138. The number of allylic oxidation sites excluding steroid dienone is 5. The summed E-state index contributed by atoms with van der Waals surface area (Å²) >= 11 is 0. The van der Waals surface area contributed by atoms with E-state index in [2.05, 4.69) is 15.5 Å². The normalized spacial score (nSPS) is 21.1. The van der Waals surface area contributed by atoms with Crippen LogP contribution in [0.5, 0.6) is 0 Å². The highest BCUT2D eigenvalue weighted by molar-refractivity contribution is 7.90. The van der Waals surface area contributed by atoms with Crippen molar-refractivity contribution in [2.24, 2.45) is 39.8 Å². The molecule has 10 aromatic carbocycles. The predicted molar refractivity (Wildman–Crippen MR) is 528 cm³/mol. The fraction of sp³-hybridized carbons (Fsp3) is 0.114. The number of nitrogens with zero attached hydrogens (tertiary/aromatic N) is 12. The van der Waals surface area contributed by atoms with Crippen LogP contribution in [0.1, 0.15) is 34.7 Å². The maximum Gasteiger partial charge on any atom is 0.279 e. The first-order valence-corrected chi connectivity index (χ1v) is 51.5. The van der Waals surface area contributed by atoms with Crippen molar-refractivity contribution in [3.05, 3.63) is 400 Å². The number of nitrogen functional groups attached to an aromatic ring is 1. The van der Waals surface area contributed by atoms with Gasteiger partial charge in [0.25, 0.3) is 55.8 Å². The minimum absolute atomic E-state index is 0.00782. The van der Waals surface area contributed by atoms with Crippen LogP contribution < -0.4 is 11.1 Å². The van der Waals surface area contributed by atoms with Gasteiger partial charge in [-0.2, -0.15) is 56.9 Å². The number of fused-ring (bicyclic) bond motifs is 5. The van der Waals surface area contributed by atoms with E-state index in [4.69, 9.17) is 5.73 Å². The van der Waals surface area contributed by atoms with E-state index in [9.17, 15) is 131 Å². The van der Waals surface area contributed by atoms with Gasteiger partial charge in [0.1, 0.15) is 12.1 Å². The van der Waals surface area contributed by atoms with Crippen molar-refractivity contribution in [1.82, 2.24) is 21.7 Å². The molecular formula is C105H74N14O24S5. The van der Waals surface area contributed by atoms with Gasteiger partial charge in [-0.05, 0) is 141 Å². The monoisotopic (exact) mass is 2070 g/mol. The van der Waals surface area contributed by atoms with Gasteiger partial charge in [0.15, 0.2) is 0 Å². The molecule has 4 N–H and O–H groups in total. The Morgan fingerprint density at radius 3 is 0.905 bits per heavy atom. The Hall–Kier alpha value is -18.5. The second kappa shape index (κ2) is 41.4. The zero-order chi connectivity index (χ0) is 106. The van der Waals surface area contributed by atoms with Crippen LogP contribution in [0.3, 0.4) is 0 Å². The maximum absolute atomic E-state index is 13.5. The van der Waals surface area contributed by atoms with E-state index in [1.165, 1.54) is 98.3 Å². The Labute approximate surface area is 844 Å². The summed E-state index contributed by atoms with van der Waals surface area (Å²) in [6, 6.07) is 75.6. The molecule has 38 nitrogen and oxygen atoms in total. The molecule has 0 radical (unpaired) electrons. The van der Waals surface area contributed by atoms with E-state index < -0.39 is 179 Å². The molecule has 0 saturated carbocycles. The SMILES string of the molecule is CC(=O)Nc1ccc(S(=O)(=O)N2C=C(c3ccccc3)C3C(=O)C(=O)C=C(C#N)C32)cc1.N#CC1=CC(=O)C(=O)C2C(c3ccccc3)=CN(S(=O)(=O)c3ccc(N)cc3)C12.N#CC1=CC(=O)C(=O)C2C(c3ccccc3)=CN(S(=O)(=O)c3ccc([N+](=O)[O-])cc3)C12.N#CC1=CC(=O)C(=O)C2C(c3ccccc3)=NN(S(=O)(=O)c3ccccc3)C12.O=C1C=C(CO)C2C(C1=O)C(c1ccccc1)=NN2S(=O)(=O)c1ccccc1. The lowest BCUT2D eigenvalue weighted by Crippen LogP contribution is -2.47. The quantitative estimate of drug-likeness (QED) is 0.0311. The number of hydrogen-bond acceptors (Lipinski definition) is 31. The van der Waals surface area contributed by atoms with Crippen LogP contribution in [0.15, 0.2) is 397 Å². The number of nitro benzene ring substituents is 1. The number of nitriles is 4. The van der Waals surface area contributed by atoms with Crippen molar-refractivity contribution in [1.29, 1.82) is 21.0 Å². The second-order valence-electron chi connectivity index (χ2n) is 33.7. The number of hydrazone groups is 2. The third-order valence-electron chi connectivity index (χ3n) is 25.0. The van der Waals surface area contributed by atoms with Gasteiger partial charge >= 0.3 is 0 Å². The summed E-state index contributed by atoms with van der Waals surface area (Å²) in [5.41, 5.74) is 10.1.